The fourth-order valence-corrected chi connectivity index (χ4v) is 5.35. The second-order valence-electron chi connectivity index (χ2n) is 7.76. The summed E-state index contributed by atoms with van der Waals surface area (Å²) < 4.78 is 10.7. The van der Waals surface area contributed by atoms with Crippen LogP contribution >= 0.6 is 23.5 Å². The summed E-state index contributed by atoms with van der Waals surface area (Å²) in [5.41, 5.74) is -0.167. The van der Waals surface area contributed by atoms with Crippen LogP contribution in [0.5, 0.6) is 0 Å². The Morgan fingerprint density at radius 1 is 1.14 bits per heavy atom. The van der Waals surface area contributed by atoms with Crippen LogP contribution in [0.25, 0.3) is 0 Å². The summed E-state index contributed by atoms with van der Waals surface area (Å²) in [4.78, 5) is 23.7. The van der Waals surface area contributed by atoms with Gasteiger partial charge in [0.25, 0.3) is 0 Å². The average molecular weight is 452 g/mol. The summed E-state index contributed by atoms with van der Waals surface area (Å²) >= 11 is 3.57. The van der Waals surface area contributed by atoms with Gasteiger partial charge in [-0.3, -0.25) is 4.79 Å². The first-order valence-corrected chi connectivity index (χ1v) is 12.3. The lowest BCUT2D eigenvalue weighted by molar-refractivity contribution is -0.123. The average Bonchev–Trinajstić information content (AvgIpc) is 2.67. The molecule has 172 valence electrons. The van der Waals surface area contributed by atoms with E-state index in [0.29, 0.717) is 36.7 Å². The first-order chi connectivity index (χ1) is 13.8. The van der Waals surface area contributed by atoms with Crippen molar-refractivity contribution >= 4 is 35.7 Å². The molecule has 0 fully saturated rings. The van der Waals surface area contributed by atoms with Gasteiger partial charge in [0, 0.05) is 30.7 Å². The lowest BCUT2D eigenvalue weighted by Gasteiger charge is -2.29. The summed E-state index contributed by atoms with van der Waals surface area (Å²) in [5, 5.41) is 9.40. The quantitative estimate of drug-likeness (QED) is 0.165. The first-order valence-electron chi connectivity index (χ1n) is 10.2. The molecule has 0 spiro atoms. The summed E-state index contributed by atoms with van der Waals surface area (Å²) in [7, 11) is 3.43. The molecular formula is C20H41N3O4S2. The number of carbonyl (C=O) groups is 2. The van der Waals surface area contributed by atoms with Gasteiger partial charge >= 0.3 is 0 Å². The second-order valence-corrected chi connectivity index (χ2v) is 10.5. The molecule has 0 aliphatic carbocycles. The van der Waals surface area contributed by atoms with Crippen molar-refractivity contribution in [3.05, 3.63) is 0 Å². The molecular weight excluding hydrogens is 410 g/mol. The maximum Gasteiger partial charge on any atom is 0.238 e. The van der Waals surface area contributed by atoms with Crippen LogP contribution in [0.3, 0.4) is 0 Å². The van der Waals surface area contributed by atoms with Gasteiger partial charge in [0.1, 0.15) is 6.29 Å². The summed E-state index contributed by atoms with van der Waals surface area (Å²) in [6.45, 7) is 10.4. The van der Waals surface area contributed by atoms with Gasteiger partial charge in [-0.15, -0.1) is 23.5 Å². The summed E-state index contributed by atoms with van der Waals surface area (Å²) in [6, 6.07) is -0.421. The van der Waals surface area contributed by atoms with Crippen LogP contribution in [0.1, 0.15) is 40.5 Å². The van der Waals surface area contributed by atoms with E-state index in [1.807, 2.05) is 0 Å². The van der Waals surface area contributed by atoms with Gasteiger partial charge in [-0.05, 0) is 34.2 Å². The number of thioether (sulfide) groups is 2. The van der Waals surface area contributed by atoms with E-state index in [2.05, 4.69) is 43.6 Å². The van der Waals surface area contributed by atoms with Crippen molar-refractivity contribution in [1.82, 2.24) is 16.0 Å². The molecule has 0 saturated heterocycles. The lowest BCUT2D eigenvalue weighted by atomic mass is 10.1. The Hall–Kier alpha value is -0.320. The molecule has 0 heterocycles. The highest BCUT2D eigenvalue weighted by atomic mass is 32.2. The van der Waals surface area contributed by atoms with Crippen molar-refractivity contribution in [3.8, 4) is 0 Å². The Balaban J connectivity index is 4.63. The minimum absolute atomic E-state index is 0.0102. The number of hydrogen-bond donors (Lipinski definition) is 3. The van der Waals surface area contributed by atoms with E-state index in [0.717, 1.165) is 24.9 Å². The highest BCUT2D eigenvalue weighted by Gasteiger charge is 2.25. The minimum atomic E-state index is -0.287. The van der Waals surface area contributed by atoms with E-state index in [-0.39, 0.29) is 23.5 Å². The van der Waals surface area contributed by atoms with E-state index in [4.69, 9.17) is 9.47 Å². The van der Waals surface area contributed by atoms with Crippen LogP contribution in [0, 0.1) is 0 Å². The number of aldehydes is 1. The molecule has 7 nitrogen and oxygen atoms in total. The molecule has 0 aliphatic rings. The zero-order chi connectivity index (χ0) is 22.1. The molecule has 0 aromatic rings. The Labute approximate surface area is 185 Å². The summed E-state index contributed by atoms with van der Waals surface area (Å²) in [6.07, 6.45) is 3.06. The van der Waals surface area contributed by atoms with Gasteiger partial charge in [-0.1, -0.05) is 13.3 Å². The number of rotatable bonds is 18. The molecule has 0 aromatic carbocycles. The summed E-state index contributed by atoms with van der Waals surface area (Å²) in [5.74, 6) is 1.40. The molecule has 0 rings (SSSR count). The third-order valence-electron chi connectivity index (χ3n) is 3.87. The van der Waals surface area contributed by atoms with Crippen molar-refractivity contribution in [2.75, 3.05) is 52.0 Å². The molecule has 0 saturated carbocycles. The predicted octanol–water partition coefficient (Wildman–Crippen LogP) is 1.90. The van der Waals surface area contributed by atoms with Crippen molar-refractivity contribution in [3.63, 3.8) is 0 Å². The SMILES string of the molecule is CCCC(SCC(C=O)NC)SCC(NC(C)(C)C)C(=O)NCCOCCOC. The van der Waals surface area contributed by atoms with Crippen LogP contribution < -0.4 is 16.0 Å². The number of likely N-dealkylation sites (N-methyl/N-ethyl adjacent to an activating group) is 1. The Bertz CT molecular complexity index is 436. The number of carbonyl (C=O) groups excluding carboxylic acids is 2. The Kier molecular flexibility index (Phi) is 17.2. The van der Waals surface area contributed by atoms with Crippen LogP contribution in [-0.4, -0.2) is 86.4 Å². The van der Waals surface area contributed by atoms with Crippen LogP contribution in [0.2, 0.25) is 0 Å². The van der Waals surface area contributed by atoms with Crippen LogP contribution in [0.4, 0.5) is 0 Å². The number of amides is 1. The van der Waals surface area contributed by atoms with Gasteiger partial charge in [0.05, 0.1) is 36.5 Å². The Morgan fingerprint density at radius 2 is 1.83 bits per heavy atom. The molecule has 3 unspecified atom stereocenters. The van der Waals surface area contributed by atoms with Crippen molar-refractivity contribution < 1.29 is 19.1 Å². The molecule has 1 amide bonds. The third kappa shape index (κ3) is 16.1. The Morgan fingerprint density at radius 3 is 2.38 bits per heavy atom. The first kappa shape index (κ1) is 28.7. The number of methoxy groups -OCH3 is 1. The van der Waals surface area contributed by atoms with Gasteiger partial charge in [-0.25, -0.2) is 0 Å². The maximum absolute atomic E-state index is 12.7. The van der Waals surface area contributed by atoms with Crippen molar-refractivity contribution in [2.24, 2.45) is 0 Å². The van der Waals surface area contributed by atoms with Crippen molar-refractivity contribution in [2.45, 2.75) is 62.7 Å². The molecule has 0 aliphatic heterocycles. The largest absolute Gasteiger partial charge is 0.382 e. The molecule has 9 heteroatoms. The molecule has 3 N–H and O–H groups in total. The highest BCUT2D eigenvalue weighted by molar-refractivity contribution is 8.17. The van der Waals surface area contributed by atoms with Gasteiger partial charge in [-0.2, -0.15) is 0 Å². The fraction of sp³-hybridized carbons (Fsp3) is 0.900. The standard InChI is InChI=1S/C20H41N3O4S2/c1-7-8-18(28-14-16(13-24)21-5)29-15-17(23-20(2,3)4)19(25)22-9-10-27-12-11-26-6/h13,16-18,21,23H,7-12,14-15H2,1-6H3,(H,22,25). The van der Waals surface area contributed by atoms with E-state index in [1.165, 1.54) is 0 Å². The molecule has 3 atom stereocenters. The molecule has 0 aromatic heterocycles. The van der Waals surface area contributed by atoms with Crippen LogP contribution in [0.15, 0.2) is 0 Å². The molecule has 0 bridgehead atoms. The third-order valence-corrected chi connectivity index (χ3v) is 6.98. The van der Waals surface area contributed by atoms with Gasteiger partial charge in [0.15, 0.2) is 0 Å². The highest BCUT2D eigenvalue weighted by Crippen LogP contribution is 2.29. The van der Waals surface area contributed by atoms with Gasteiger partial charge in [0.2, 0.25) is 5.91 Å². The normalized spacial score (nSPS) is 15.0. The molecule has 0 radical (unpaired) electrons. The smallest absolute Gasteiger partial charge is 0.238 e. The van der Waals surface area contributed by atoms with E-state index in [1.54, 1.807) is 37.7 Å². The van der Waals surface area contributed by atoms with Gasteiger partial charge < -0.3 is 30.2 Å². The lowest BCUT2D eigenvalue weighted by Crippen LogP contribution is -2.53. The van der Waals surface area contributed by atoms with Crippen LogP contribution in [-0.2, 0) is 19.1 Å². The monoisotopic (exact) mass is 451 g/mol. The number of nitrogens with one attached hydrogen (secondary N) is 3. The van der Waals surface area contributed by atoms with Crippen molar-refractivity contribution in [1.29, 1.82) is 0 Å². The van der Waals surface area contributed by atoms with E-state index in [9.17, 15) is 9.59 Å². The van der Waals surface area contributed by atoms with E-state index >= 15 is 0 Å². The number of ether oxygens (including phenoxy) is 2. The minimum Gasteiger partial charge on any atom is -0.382 e. The fourth-order valence-electron chi connectivity index (χ4n) is 2.38. The topological polar surface area (TPSA) is 88.7 Å². The predicted molar refractivity (Wildman–Crippen MR) is 125 cm³/mol. The molecule has 29 heavy (non-hydrogen) atoms. The second kappa shape index (κ2) is 17.4. The van der Waals surface area contributed by atoms with E-state index < -0.39 is 0 Å². The zero-order valence-corrected chi connectivity index (χ0v) is 20.5. The zero-order valence-electron chi connectivity index (χ0n) is 18.9. The maximum atomic E-state index is 12.7. The number of hydrogen-bond acceptors (Lipinski definition) is 8.